The van der Waals surface area contributed by atoms with Crippen LogP contribution in [0.2, 0.25) is 0 Å². The van der Waals surface area contributed by atoms with Crippen molar-refractivity contribution in [3.8, 4) is 0 Å². The number of nitrogens with zero attached hydrogens (tertiary/aromatic N) is 5. The van der Waals surface area contributed by atoms with Gasteiger partial charge in [0.05, 0.1) is 25.4 Å². The molecular formula is C18H26N6O2. The zero-order valence-corrected chi connectivity index (χ0v) is 15.6. The second-order valence-corrected chi connectivity index (χ2v) is 6.75. The fraction of sp³-hybridized carbons (Fsp3) is 0.556. The molecule has 1 fully saturated rings. The van der Waals surface area contributed by atoms with E-state index in [1.54, 1.807) is 12.3 Å². The van der Waals surface area contributed by atoms with Crippen molar-refractivity contribution >= 4 is 5.91 Å². The standard InChI is InChI=1S/C18H26N6O2/c1-13(2)24-7-6-19-17(24)12-23-8-9-26-16(11-23)18-20-5-4-15(22-18)10-21-14(3)25/h4-7,13,16H,8-12H2,1-3H3,(H,21,25)/t16-/m0/s1. The third-order valence-corrected chi connectivity index (χ3v) is 4.36. The predicted octanol–water partition coefficient (Wildman–Crippen LogP) is 1.46. The van der Waals surface area contributed by atoms with Gasteiger partial charge >= 0.3 is 0 Å². The van der Waals surface area contributed by atoms with Crippen LogP contribution in [0.4, 0.5) is 0 Å². The Bertz CT molecular complexity index is 745. The Labute approximate surface area is 153 Å². The van der Waals surface area contributed by atoms with Gasteiger partial charge in [-0.2, -0.15) is 0 Å². The fourth-order valence-corrected chi connectivity index (χ4v) is 3.02. The molecule has 2 aromatic rings. The zero-order chi connectivity index (χ0) is 18.5. The molecule has 140 valence electrons. The van der Waals surface area contributed by atoms with E-state index in [2.05, 4.69) is 43.6 Å². The van der Waals surface area contributed by atoms with Crippen molar-refractivity contribution in [3.63, 3.8) is 0 Å². The Kier molecular flexibility index (Phi) is 5.95. The van der Waals surface area contributed by atoms with E-state index in [9.17, 15) is 4.79 Å². The minimum absolute atomic E-state index is 0.0779. The summed E-state index contributed by atoms with van der Waals surface area (Å²) in [5.41, 5.74) is 0.779. The number of nitrogens with one attached hydrogen (secondary N) is 1. The second kappa shape index (κ2) is 8.37. The highest BCUT2D eigenvalue weighted by molar-refractivity contribution is 5.72. The van der Waals surface area contributed by atoms with Gasteiger partial charge in [0.15, 0.2) is 5.82 Å². The number of hydrogen-bond donors (Lipinski definition) is 1. The van der Waals surface area contributed by atoms with E-state index < -0.39 is 0 Å². The van der Waals surface area contributed by atoms with E-state index in [1.807, 2.05) is 12.4 Å². The molecule has 8 heteroatoms. The van der Waals surface area contributed by atoms with Crippen molar-refractivity contribution in [2.24, 2.45) is 0 Å². The summed E-state index contributed by atoms with van der Waals surface area (Å²) in [4.78, 5) is 26.8. The summed E-state index contributed by atoms with van der Waals surface area (Å²) in [6.07, 6.45) is 5.41. The lowest BCUT2D eigenvalue weighted by molar-refractivity contribution is -0.119. The summed E-state index contributed by atoms with van der Waals surface area (Å²) in [5, 5.41) is 2.76. The van der Waals surface area contributed by atoms with E-state index in [1.165, 1.54) is 6.92 Å². The summed E-state index contributed by atoms with van der Waals surface area (Å²) in [7, 11) is 0. The third kappa shape index (κ3) is 4.64. The molecule has 1 aliphatic rings. The number of carbonyl (C=O) groups is 1. The van der Waals surface area contributed by atoms with Gasteiger partial charge in [-0.25, -0.2) is 15.0 Å². The molecule has 0 unspecified atom stereocenters. The summed E-state index contributed by atoms with van der Waals surface area (Å²) < 4.78 is 8.08. The van der Waals surface area contributed by atoms with Gasteiger partial charge in [0.25, 0.3) is 0 Å². The number of aromatic nitrogens is 4. The van der Waals surface area contributed by atoms with Crippen molar-refractivity contribution in [1.29, 1.82) is 0 Å². The molecule has 0 spiro atoms. The van der Waals surface area contributed by atoms with Gasteiger partial charge in [-0.3, -0.25) is 9.69 Å². The topological polar surface area (TPSA) is 85.2 Å². The molecule has 8 nitrogen and oxygen atoms in total. The molecule has 0 aliphatic carbocycles. The molecule has 0 aromatic carbocycles. The number of morpholine rings is 1. The van der Waals surface area contributed by atoms with E-state index >= 15 is 0 Å². The molecule has 0 saturated carbocycles. The van der Waals surface area contributed by atoms with Crippen molar-refractivity contribution in [1.82, 2.24) is 29.7 Å². The molecule has 3 rings (SSSR count). The first-order valence-corrected chi connectivity index (χ1v) is 8.95. The lowest BCUT2D eigenvalue weighted by Crippen LogP contribution is -2.39. The molecule has 3 heterocycles. The van der Waals surface area contributed by atoms with Crippen LogP contribution >= 0.6 is 0 Å². The molecule has 1 atom stereocenters. The number of amides is 1. The summed E-state index contributed by atoms with van der Waals surface area (Å²) in [5.74, 6) is 1.64. The van der Waals surface area contributed by atoms with E-state index in [-0.39, 0.29) is 12.0 Å². The highest BCUT2D eigenvalue weighted by Crippen LogP contribution is 2.21. The normalized spacial score (nSPS) is 18.2. The average Bonchev–Trinajstić information content (AvgIpc) is 3.09. The SMILES string of the molecule is CC(=O)NCc1ccnc([C@@H]2CN(Cc3nccn3C(C)C)CCO2)n1. The number of imidazole rings is 1. The summed E-state index contributed by atoms with van der Waals surface area (Å²) >= 11 is 0. The largest absolute Gasteiger partial charge is 0.368 e. The number of carbonyl (C=O) groups excluding carboxylic acids is 1. The van der Waals surface area contributed by atoms with Crippen molar-refractivity contribution < 1.29 is 9.53 Å². The molecule has 2 aromatic heterocycles. The van der Waals surface area contributed by atoms with Crippen LogP contribution in [0.1, 0.15) is 50.3 Å². The zero-order valence-electron chi connectivity index (χ0n) is 15.6. The number of hydrogen-bond acceptors (Lipinski definition) is 6. The first kappa shape index (κ1) is 18.5. The number of rotatable bonds is 6. The molecule has 0 bridgehead atoms. The van der Waals surface area contributed by atoms with Gasteiger partial charge in [-0.05, 0) is 19.9 Å². The summed E-state index contributed by atoms with van der Waals surface area (Å²) in [6, 6.07) is 2.19. The van der Waals surface area contributed by atoms with Gasteiger partial charge in [0, 0.05) is 44.6 Å². The van der Waals surface area contributed by atoms with Crippen molar-refractivity contribution in [2.75, 3.05) is 19.7 Å². The van der Waals surface area contributed by atoms with Crippen LogP contribution in [0.3, 0.4) is 0 Å². The monoisotopic (exact) mass is 358 g/mol. The maximum absolute atomic E-state index is 11.1. The van der Waals surface area contributed by atoms with E-state index in [4.69, 9.17) is 4.74 Å². The van der Waals surface area contributed by atoms with Crippen LogP contribution < -0.4 is 5.32 Å². The second-order valence-electron chi connectivity index (χ2n) is 6.75. The molecule has 0 radical (unpaired) electrons. The van der Waals surface area contributed by atoms with Crippen molar-refractivity contribution in [2.45, 2.75) is 46.0 Å². The predicted molar refractivity (Wildman–Crippen MR) is 96.1 cm³/mol. The van der Waals surface area contributed by atoms with Crippen LogP contribution in [-0.2, 0) is 22.6 Å². The Morgan fingerprint density at radius 1 is 1.38 bits per heavy atom. The maximum Gasteiger partial charge on any atom is 0.217 e. The minimum Gasteiger partial charge on any atom is -0.368 e. The van der Waals surface area contributed by atoms with Crippen LogP contribution in [0.25, 0.3) is 0 Å². The molecule has 1 aliphatic heterocycles. The van der Waals surface area contributed by atoms with Crippen LogP contribution in [0.5, 0.6) is 0 Å². The van der Waals surface area contributed by atoms with Gasteiger partial charge in [0.1, 0.15) is 11.9 Å². The van der Waals surface area contributed by atoms with Crippen LogP contribution in [-0.4, -0.2) is 50.0 Å². The first-order valence-electron chi connectivity index (χ1n) is 8.95. The Morgan fingerprint density at radius 2 is 2.23 bits per heavy atom. The van der Waals surface area contributed by atoms with Gasteiger partial charge < -0.3 is 14.6 Å². The summed E-state index contributed by atoms with van der Waals surface area (Å²) in [6.45, 7) is 9.17. The highest BCUT2D eigenvalue weighted by Gasteiger charge is 2.25. The lowest BCUT2D eigenvalue weighted by Gasteiger charge is -2.32. The lowest BCUT2D eigenvalue weighted by atomic mass is 10.2. The van der Waals surface area contributed by atoms with Gasteiger partial charge in [-0.1, -0.05) is 0 Å². The molecule has 1 amide bonds. The van der Waals surface area contributed by atoms with Crippen molar-refractivity contribution in [3.05, 3.63) is 42.0 Å². The quantitative estimate of drug-likeness (QED) is 0.842. The number of ether oxygens (including phenoxy) is 1. The maximum atomic E-state index is 11.1. The third-order valence-electron chi connectivity index (χ3n) is 4.36. The van der Waals surface area contributed by atoms with Crippen LogP contribution in [0, 0.1) is 0 Å². The average molecular weight is 358 g/mol. The molecule has 26 heavy (non-hydrogen) atoms. The van der Waals surface area contributed by atoms with Gasteiger partial charge in [-0.15, -0.1) is 0 Å². The molecule has 1 saturated heterocycles. The van der Waals surface area contributed by atoms with E-state index in [0.29, 0.717) is 31.6 Å². The smallest absolute Gasteiger partial charge is 0.217 e. The Balaban J connectivity index is 1.65. The first-order chi connectivity index (χ1) is 12.5. The molecular weight excluding hydrogens is 332 g/mol. The highest BCUT2D eigenvalue weighted by atomic mass is 16.5. The Morgan fingerprint density at radius 3 is 3.00 bits per heavy atom. The van der Waals surface area contributed by atoms with Gasteiger partial charge in [0.2, 0.25) is 5.91 Å². The fourth-order valence-electron chi connectivity index (χ4n) is 3.02. The minimum atomic E-state index is -0.177. The molecule has 1 N–H and O–H groups in total. The Hall–Kier alpha value is -2.32. The van der Waals surface area contributed by atoms with Crippen LogP contribution in [0.15, 0.2) is 24.7 Å². The van der Waals surface area contributed by atoms with E-state index in [0.717, 1.165) is 24.6 Å².